The predicted molar refractivity (Wildman–Crippen MR) is 283 cm³/mol. The van der Waals surface area contributed by atoms with E-state index >= 15 is 0 Å². The quantitative estimate of drug-likeness (QED) is 0.175. The van der Waals surface area contributed by atoms with Gasteiger partial charge in [0.1, 0.15) is 0 Å². The summed E-state index contributed by atoms with van der Waals surface area (Å²) in [5.41, 5.74) is 19.4. The topological polar surface area (TPSA) is 17.0 Å². The highest BCUT2D eigenvalue weighted by atomic mass is 32.1. The van der Waals surface area contributed by atoms with Crippen LogP contribution in [0.2, 0.25) is 0 Å². The van der Waals surface area contributed by atoms with E-state index in [1.54, 1.807) is 0 Å². The number of nitrogens with one attached hydrogen (secondary N) is 1. The maximum absolute atomic E-state index is 4.02. The van der Waals surface area contributed by atoms with Crippen LogP contribution in [-0.4, -0.2) is 11.8 Å². The van der Waals surface area contributed by atoms with E-state index in [4.69, 9.17) is 0 Å². The molecule has 0 atom stereocenters. The third kappa shape index (κ3) is 5.82. The van der Waals surface area contributed by atoms with E-state index in [1.807, 2.05) is 22.7 Å². The van der Waals surface area contributed by atoms with Crippen molar-refractivity contribution in [1.29, 1.82) is 0 Å². The first-order valence-electron chi connectivity index (χ1n) is 22.9. The monoisotopic (exact) mass is 865 g/mol. The van der Waals surface area contributed by atoms with Gasteiger partial charge in [-0.05, 0) is 126 Å². The maximum Gasteiger partial charge on any atom is 0.211 e. The average molecular weight is 866 g/mol. The summed E-state index contributed by atoms with van der Waals surface area (Å²) in [7, 11) is 2.52. The zero-order valence-electron chi connectivity index (χ0n) is 38.9. The number of rotatable bonds is 3. The molecule has 315 valence electrons. The first kappa shape index (κ1) is 39.9. The van der Waals surface area contributed by atoms with Crippen LogP contribution in [-0.2, 0) is 21.7 Å². The lowest BCUT2D eigenvalue weighted by Crippen LogP contribution is -2.35. The summed E-state index contributed by atoms with van der Waals surface area (Å²) in [6.07, 6.45) is 0. The molecule has 0 bridgehead atoms. The van der Waals surface area contributed by atoms with Crippen molar-refractivity contribution >= 4 is 104 Å². The molecule has 1 aliphatic heterocycles. The van der Waals surface area contributed by atoms with Gasteiger partial charge in [-0.3, -0.25) is 0 Å². The third-order valence-electron chi connectivity index (χ3n) is 14.5. The molecule has 2 aliphatic rings. The van der Waals surface area contributed by atoms with Gasteiger partial charge in [0.05, 0.1) is 11.2 Å². The van der Waals surface area contributed by atoms with Crippen LogP contribution in [0.4, 0.5) is 11.4 Å². The Morgan fingerprint density at radius 2 is 1.16 bits per heavy atom. The second kappa shape index (κ2) is 13.2. The summed E-state index contributed by atoms with van der Waals surface area (Å²) in [5.74, 6) is 0. The Balaban J connectivity index is 1.15. The minimum Gasteiger partial charge on any atom is -0.355 e. The highest BCUT2D eigenvalue weighted by Gasteiger charge is 2.38. The molecule has 1 aliphatic carbocycles. The van der Waals surface area contributed by atoms with Crippen LogP contribution in [0.15, 0.2) is 121 Å². The normalized spacial score (nSPS) is 14.4. The molecule has 0 fully saturated rings. The molecule has 0 spiro atoms. The highest BCUT2D eigenvalue weighted by Crippen LogP contribution is 2.53. The van der Waals surface area contributed by atoms with Crippen LogP contribution >= 0.6 is 22.7 Å². The van der Waals surface area contributed by atoms with Crippen LogP contribution in [0.5, 0.6) is 0 Å². The second-order valence-electron chi connectivity index (χ2n) is 22.2. The van der Waals surface area contributed by atoms with Gasteiger partial charge in [-0.15, -0.1) is 22.7 Å². The zero-order chi connectivity index (χ0) is 44.4. The third-order valence-corrected chi connectivity index (χ3v) is 16.8. The fraction of sp³-hybridized carbons (Fsp3) is 0.254. The molecule has 2 nitrogen and oxygen atoms in total. The molecule has 3 aromatic heterocycles. The summed E-state index contributed by atoms with van der Waals surface area (Å²) < 4.78 is 7.96. The van der Waals surface area contributed by atoms with Crippen molar-refractivity contribution in [3.05, 3.63) is 149 Å². The molecule has 1 radical (unpaired) electrons. The number of hydrogen-bond donors (Lipinski definition) is 1. The van der Waals surface area contributed by atoms with E-state index in [1.165, 1.54) is 118 Å². The number of nitrogens with zero attached hydrogens (tertiary/aromatic N) is 1. The molecule has 64 heavy (non-hydrogen) atoms. The highest BCUT2D eigenvalue weighted by molar-refractivity contribution is 7.29. The molecular formula is C59H54BN2S2. The fourth-order valence-corrected chi connectivity index (χ4v) is 13.0. The number of hydrogen-bond acceptors (Lipinski definition) is 3. The van der Waals surface area contributed by atoms with E-state index in [9.17, 15) is 0 Å². The molecule has 0 unspecified atom stereocenters. The van der Waals surface area contributed by atoms with Gasteiger partial charge >= 0.3 is 0 Å². The van der Waals surface area contributed by atoms with Crippen LogP contribution < -0.4 is 15.6 Å². The van der Waals surface area contributed by atoms with Gasteiger partial charge in [-0.25, -0.2) is 0 Å². The summed E-state index contributed by atoms with van der Waals surface area (Å²) in [6.45, 7) is 25.6. The Morgan fingerprint density at radius 1 is 0.500 bits per heavy atom. The van der Waals surface area contributed by atoms with Crippen molar-refractivity contribution in [2.24, 2.45) is 0 Å². The Hall–Kier alpha value is -5.62. The lowest BCUT2D eigenvalue weighted by molar-refractivity contribution is 0.584. The minimum absolute atomic E-state index is 0.0355. The number of aromatic nitrogens is 1. The van der Waals surface area contributed by atoms with E-state index in [0.29, 0.717) is 0 Å². The largest absolute Gasteiger partial charge is 0.355 e. The molecule has 7 aromatic carbocycles. The molecule has 0 saturated heterocycles. The lowest BCUT2D eigenvalue weighted by Gasteiger charge is -2.26. The van der Waals surface area contributed by atoms with Crippen molar-refractivity contribution in [3.63, 3.8) is 0 Å². The number of thiophene rings is 2. The zero-order valence-corrected chi connectivity index (χ0v) is 40.5. The number of benzene rings is 7. The first-order valence-corrected chi connectivity index (χ1v) is 24.5. The Labute approximate surface area is 386 Å². The minimum atomic E-state index is -0.164. The van der Waals surface area contributed by atoms with Crippen molar-refractivity contribution in [2.45, 2.75) is 97.8 Å². The van der Waals surface area contributed by atoms with Gasteiger partial charge in [-0.1, -0.05) is 143 Å². The van der Waals surface area contributed by atoms with Crippen LogP contribution in [0.1, 0.15) is 104 Å². The summed E-state index contributed by atoms with van der Waals surface area (Å²) >= 11 is 3.83. The lowest BCUT2D eigenvalue weighted by atomic mass is 9.63. The van der Waals surface area contributed by atoms with Crippen LogP contribution in [0, 0.1) is 0 Å². The smallest absolute Gasteiger partial charge is 0.211 e. The van der Waals surface area contributed by atoms with Gasteiger partial charge in [0.25, 0.3) is 0 Å². The molecular weight excluding hydrogens is 812 g/mol. The second-order valence-corrected chi connectivity index (χ2v) is 24.3. The van der Waals surface area contributed by atoms with Gasteiger partial charge in [0, 0.05) is 68.9 Å². The van der Waals surface area contributed by atoms with Gasteiger partial charge in [0.2, 0.25) is 7.28 Å². The Morgan fingerprint density at radius 3 is 1.91 bits per heavy atom. The fourth-order valence-electron chi connectivity index (χ4n) is 10.8. The number of anilines is 2. The average Bonchev–Trinajstić information content (AvgIpc) is 3.95. The Kier molecular flexibility index (Phi) is 8.26. The molecule has 1 N–H and O–H groups in total. The van der Waals surface area contributed by atoms with E-state index in [-0.39, 0.29) is 21.7 Å². The van der Waals surface area contributed by atoms with Gasteiger partial charge in [-0.2, -0.15) is 0 Å². The van der Waals surface area contributed by atoms with Crippen molar-refractivity contribution in [2.75, 3.05) is 5.32 Å². The molecule has 12 rings (SSSR count). The molecule has 0 amide bonds. The van der Waals surface area contributed by atoms with E-state index < -0.39 is 0 Å². The molecule has 4 heterocycles. The predicted octanol–water partition coefficient (Wildman–Crippen LogP) is 15.9. The van der Waals surface area contributed by atoms with E-state index in [2.05, 4.69) is 215 Å². The standard InChI is InChI=1S/C59H54BN2S2/c1-56(2,3)32-16-20-35(21-17-32)61-47-31-46-40(36-22-18-34(58(7,8)9)27-45(36)59(46,10)11)28-41(47)38-23-24-39-42-30-51-43(37-14-12-13-15-49(37)63-51)29-48(42)62-53(39)52(38)60-55-54(62)44-26-33(57(4,5)6)19-25-50(44)64-55/h12-31,61H,1-11H3. The van der Waals surface area contributed by atoms with Gasteiger partial charge < -0.3 is 9.88 Å². The molecule has 0 saturated carbocycles. The van der Waals surface area contributed by atoms with Crippen molar-refractivity contribution in [3.8, 4) is 27.9 Å². The molecule has 5 heteroatoms. The Bertz CT molecular complexity index is 3630. The maximum atomic E-state index is 4.02. The summed E-state index contributed by atoms with van der Waals surface area (Å²) in [4.78, 5) is 0. The molecule has 10 aromatic rings. The van der Waals surface area contributed by atoms with Crippen LogP contribution in [0.3, 0.4) is 0 Å². The van der Waals surface area contributed by atoms with Gasteiger partial charge in [0.15, 0.2) is 0 Å². The summed E-state index contributed by atoms with van der Waals surface area (Å²) in [5, 5.41) is 10.6. The first-order chi connectivity index (χ1) is 30.3. The van der Waals surface area contributed by atoms with Crippen molar-refractivity contribution in [1.82, 2.24) is 4.57 Å². The number of fused-ring (bicyclic) bond motifs is 13. The summed E-state index contributed by atoms with van der Waals surface area (Å²) in [6, 6.07) is 47.2. The van der Waals surface area contributed by atoms with E-state index in [0.717, 1.165) is 11.4 Å². The van der Waals surface area contributed by atoms with Crippen molar-refractivity contribution < 1.29 is 0 Å². The van der Waals surface area contributed by atoms with Crippen LogP contribution in [0.25, 0.3) is 80.0 Å². The SMILES string of the molecule is CC(C)(C)c1ccc(Nc2cc3c(cc2-c2ccc4c5cc6sc7ccccc7c6cc5n5c4c2[B]c2sc4ccc(C(C)(C)C)cc4c2-5)-c2ccc(C(C)(C)C)cc2C3(C)C)cc1.